The zero-order valence-corrected chi connectivity index (χ0v) is 14.2. The minimum Gasteiger partial charge on any atom is -0.310 e. The number of rotatable bonds is 4. The molecule has 1 aliphatic heterocycles. The molecule has 0 radical (unpaired) electrons. The van der Waals surface area contributed by atoms with Crippen LogP contribution in [0.3, 0.4) is 0 Å². The van der Waals surface area contributed by atoms with Gasteiger partial charge in [-0.15, -0.1) is 0 Å². The van der Waals surface area contributed by atoms with Crippen molar-refractivity contribution in [3.63, 3.8) is 0 Å². The van der Waals surface area contributed by atoms with E-state index in [1.165, 1.54) is 33.3 Å². The smallest absolute Gasteiger partial charge is 0.0737 e. The highest BCUT2D eigenvalue weighted by atomic mass is 15.1. The van der Waals surface area contributed by atoms with E-state index in [4.69, 9.17) is 4.98 Å². The van der Waals surface area contributed by atoms with Gasteiger partial charge >= 0.3 is 0 Å². The van der Waals surface area contributed by atoms with Crippen LogP contribution < -0.4 is 5.32 Å². The topological polar surface area (TPSA) is 28.2 Å². The summed E-state index contributed by atoms with van der Waals surface area (Å²) >= 11 is 0. The normalized spacial score (nSPS) is 16.7. The number of nitrogens with one attached hydrogen (secondary N) is 1. The Hall–Kier alpha value is -1.45. The number of aryl methyl sites for hydroxylation is 1. The Labute approximate surface area is 133 Å². The maximum atomic E-state index is 5.00. The summed E-state index contributed by atoms with van der Waals surface area (Å²) in [5, 5.41) is 5.00. The molecule has 1 aromatic heterocycles. The Bertz CT molecular complexity index is 678. The summed E-state index contributed by atoms with van der Waals surface area (Å²) in [4.78, 5) is 7.40. The van der Waals surface area contributed by atoms with Gasteiger partial charge in [0, 0.05) is 43.2 Å². The molecule has 2 aromatic rings. The van der Waals surface area contributed by atoms with Crippen molar-refractivity contribution < 1.29 is 0 Å². The second-order valence-electron chi connectivity index (χ2n) is 6.66. The Kier molecular flexibility index (Phi) is 4.46. The molecule has 0 bridgehead atoms. The standard InChI is InChI=1S/C19H27N3/c1-5-14(3)20-11-16-15-8-6-7-13(2)19(15)21-18-9-10-22(4)12-17(16)18/h6-8,14,20H,5,9-12H2,1-4H3. The average Bonchev–Trinajstić information content (AvgIpc) is 2.52. The Balaban J connectivity index is 2.12. The van der Waals surface area contributed by atoms with Crippen LogP contribution in [-0.2, 0) is 19.5 Å². The molecule has 1 N–H and O–H groups in total. The molecule has 3 nitrogen and oxygen atoms in total. The minimum absolute atomic E-state index is 0.546. The molecular formula is C19H27N3. The summed E-state index contributed by atoms with van der Waals surface area (Å²) in [5.74, 6) is 0. The lowest BCUT2D eigenvalue weighted by Crippen LogP contribution is -2.31. The van der Waals surface area contributed by atoms with Crippen molar-refractivity contribution in [2.24, 2.45) is 0 Å². The molecule has 1 unspecified atom stereocenters. The molecule has 1 aromatic carbocycles. The highest BCUT2D eigenvalue weighted by Crippen LogP contribution is 2.29. The fourth-order valence-electron chi connectivity index (χ4n) is 3.25. The summed E-state index contributed by atoms with van der Waals surface area (Å²) < 4.78 is 0. The van der Waals surface area contributed by atoms with Gasteiger partial charge in [0.15, 0.2) is 0 Å². The van der Waals surface area contributed by atoms with Gasteiger partial charge in [-0.3, -0.25) is 4.98 Å². The number of pyridine rings is 1. The molecule has 0 amide bonds. The van der Waals surface area contributed by atoms with Crippen molar-refractivity contribution in [1.82, 2.24) is 15.2 Å². The van der Waals surface area contributed by atoms with Crippen LogP contribution in [0.15, 0.2) is 18.2 Å². The first-order valence-electron chi connectivity index (χ1n) is 8.42. The molecule has 22 heavy (non-hydrogen) atoms. The number of benzene rings is 1. The Morgan fingerprint density at radius 2 is 2.18 bits per heavy atom. The molecule has 3 heteroatoms. The zero-order valence-electron chi connectivity index (χ0n) is 14.2. The zero-order chi connectivity index (χ0) is 15.7. The van der Waals surface area contributed by atoms with Crippen LogP contribution in [0.5, 0.6) is 0 Å². The molecule has 0 fully saturated rings. The van der Waals surface area contributed by atoms with Crippen molar-refractivity contribution in [2.75, 3.05) is 13.6 Å². The van der Waals surface area contributed by atoms with E-state index in [1.807, 2.05) is 0 Å². The second-order valence-corrected chi connectivity index (χ2v) is 6.66. The van der Waals surface area contributed by atoms with Gasteiger partial charge in [0.05, 0.1) is 5.52 Å². The third-order valence-electron chi connectivity index (χ3n) is 4.92. The van der Waals surface area contributed by atoms with Gasteiger partial charge < -0.3 is 10.2 Å². The maximum absolute atomic E-state index is 5.00. The summed E-state index contributed by atoms with van der Waals surface area (Å²) in [6.45, 7) is 9.72. The monoisotopic (exact) mass is 297 g/mol. The van der Waals surface area contributed by atoms with Gasteiger partial charge in [-0.2, -0.15) is 0 Å². The van der Waals surface area contributed by atoms with Crippen molar-refractivity contribution in [3.05, 3.63) is 40.6 Å². The highest BCUT2D eigenvalue weighted by molar-refractivity contribution is 5.86. The van der Waals surface area contributed by atoms with E-state index in [-0.39, 0.29) is 0 Å². The number of para-hydroxylation sites is 1. The number of hydrogen-bond donors (Lipinski definition) is 1. The molecule has 2 heterocycles. The van der Waals surface area contributed by atoms with E-state index < -0.39 is 0 Å². The summed E-state index contributed by atoms with van der Waals surface area (Å²) in [5.41, 5.74) is 6.68. The molecule has 1 atom stereocenters. The van der Waals surface area contributed by atoms with Gasteiger partial charge in [0.25, 0.3) is 0 Å². The lowest BCUT2D eigenvalue weighted by Gasteiger charge is -2.28. The van der Waals surface area contributed by atoms with Crippen molar-refractivity contribution >= 4 is 10.9 Å². The van der Waals surface area contributed by atoms with Crippen LogP contribution in [0.1, 0.15) is 42.7 Å². The quantitative estimate of drug-likeness (QED) is 0.937. The molecule has 1 aliphatic rings. The van der Waals surface area contributed by atoms with Crippen molar-refractivity contribution in [3.8, 4) is 0 Å². The van der Waals surface area contributed by atoms with Crippen molar-refractivity contribution in [1.29, 1.82) is 0 Å². The fourth-order valence-corrected chi connectivity index (χ4v) is 3.25. The lowest BCUT2D eigenvalue weighted by molar-refractivity contribution is 0.308. The van der Waals surface area contributed by atoms with Crippen LogP contribution in [0.2, 0.25) is 0 Å². The number of aromatic nitrogens is 1. The predicted octanol–water partition coefficient (Wildman–Crippen LogP) is 3.42. The van der Waals surface area contributed by atoms with E-state index in [9.17, 15) is 0 Å². The first kappa shape index (κ1) is 15.4. The molecule has 0 saturated carbocycles. The fraction of sp³-hybridized carbons (Fsp3) is 0.526. The van der Waals surface area contributed by atoms with Gasteiger partial charge in [0.2, 0.25) is 0 Å². The summed E-state index contributed by atoms with van der Waals surface area (Å²) in [6, 6.07) is 7.11. The van der Waals surface area contributed by atoms with E-state index in [0.717, 1.165) is 32.5 Å². The molecule has 0 spiro atoms. The Morgan fingerprint density at radius 1 is 1.36 bits per heavy atom. The number of nitrogens with zero attached hydrogens (tertiary/aromatic N) is 2. The van der Waals surface area contributed by atoms with Gasteiger partial charge in [0.1, 0.15) is 0 Å². The van der Waals surface area contributed by atoms with E-state index in [1.54, 1.807) is 0 Å². The van der Waals surface area contributed by atoms with E-state index >= 15 is 0 Å². The van der Waals surface area contributed by atoms with Gasteiger partial charge in [-0.25, -0.2) is 0 Å². The van der Waals surface area contributed by atoms with E-state index in [2.05, 4.69) is 56.2 Å². The first-order chi connectivity index (χ1) is 10.6. The van der Waals surface area contributed by atoms with Crippen molar-refractivity contribution in [2.45, 2.75) is 52.7 Å². The first-order valence-corrected chi connectivity index (χ1v) is 8.42. The molecular weight excluding hydrogens is 270 g/mol. The van der Waals surface area contributed by atoms with Crippen LogP contribution in [-0.4, -0.2) is 29.5 Å². The molecule has 3 rings (SSSR count). The lowest BCUT2D eigenvalue weighted by atomic mass is 9.94. The minimum atomic E-state index is 0.546. The average molecular weight is 297 g/mol. The third-order valence-corrected chi connectivity index (χ3v) is 4.92. The number of hydrogen-bond acceptors (Lipinski definition) is 3. The molecule has 118 valence electrons. The molecule has 0 saturated heterocycles. The second kappa shape index (κ2) is 6.35. The summed E-state index contributed by atoms with van der Waals surface area (Å²) in [7, 11) is 2.20. The largest absolute Gasteiger partial charge is 0.310 e. The Morgan fingerprint density at radius 3 is 2.95 bits per heavy atom. The number of likely N-dealkylation sites (N-methyl/N-ethyl adjacent to an activating group) is 1. The molecule has 0 aliphatic carbocycles. The van der Waals surface area contributed by atoms with Gasteiger partial charge in [-0.1, -0.05) is 25.1 Å². The number of fused-ring (bicyclic) bond motifs is 2. The van der Waals surface area contributed by atoms with E-state index in [0.29, 0.717) is 6.04 Å². The van der Waals surface area contributed by atoms with Crippen LogP contribution in [0.4, 0.5) is 0 Å². The maximum Gasteiger partial charge on any atom is 0.0737 e. The van der Waals surface area contributed by atoms with Gasteiger partial charge in [-0.05, 0) is 44.0 Å². The predicted molar refractivity (Wildman–Crippen MR) is 93.1 cm³/mol. The van der Waals surface area contributed by atoms with Crippen LogP contribution in [0, 0.1) is 6.92 Å². The third kappa shape index (κ3) is 2.88. The SMILES string of the molecule is CCC(C)NCc1c2c(nc3c(C)cccc13)CCN(C)C2. The van der Waals surface area contributed by atoms with Crippen LogP contribution in [0.25, 0.3) is 10.9 Å². The summed E-state index contributed by atoms with van der Waals surface area (Å²) in [6.07, 6.45) is 2.22. The van der Waals surface area contributed by atoms with Crippen LogP contribution >= 0.6 is 0 Å². The highest BCUT2D eigenvalue weighted by Gasteiger charge is 2.21.